The number of aromatic nitrogens is 2. The number of hydrogen-bond donors (Lipinski definition) is 1. The van der Waals surface area contributed by atoms with Crippen LogP contribution in [0.4, 0.5) is 5.69 Å². The second-order valence-electron chi connectivity index (χ2n) is 11.9. The Hall–Kier alpha value is -4.41. The van der Waals surface area contributed by atoms with Crippen LogP contribution in [-0.4, -0.2) is 46.8 Å². The highest BCUT2D eigenvalue weighted by atomic mass is 35.5. The monoisotopic (exact) mass is 633 g/mol. The number of amides is 1. The van der Waals surface area contributed by atoms with Gasteiger partial charge in [-0.05, 0) is 88.1 Å². The summed E-state index contributed by atoms with van der Waals surface area (Å²) in [5, 5.41) is 3.37. The SMILES string of the molecule is COc1cn(C(CC2CCCCO2)C(=O)Nc2ccc(C(=O)OC(C)(C)C)cc2)c(=O)cc1-c1cc(Cl)ccc1-c1cnco1. The van der Waals surface area contributed by atoms with E-state index in [9.17, 15) is 14.4 Å². The Morgan fingerprint density at radius 3 is 2.51 bits per heavy atom. The van der Waals surface area contributed by atoms with Gasteiger partial charge in [-0.25, -0.2) is 9.78 Å². The molecule has 1 aliphatic heterocycles. The molecule has 1 aliphatic rings. The van der Waals surface area contributed by atoms with E-state index in [1.807, 2.05) is 0 Å². The van der Waals surface area contributed by atoms with Gasteiger partial charge in [-0.15, -0.1) is 0 Å². The number of nitrogens with zero attached hydrogens (tertiary/aromatic N) is 2. The van der Waals surface area contributed by atoms with Crippen LogP contribution in [0.25, 0.3) is 22.5 Å². The Kier molecular flexibility index (Phi) is 9.74. The first-order valence-corrected chi connectivity index (χ1v) is 15.1. The molecule has 2 aromatic carbocycles. The van der Waals surface area contributed by atoms with Crippen molar-refractivity contribution in [3.63, 3.8) is 0 Å². The summed E-state index contributed by atoms with van der Waals surface area (Å²) in [4.78, 5) is 44.1. The van der Waals surface area contributed by atoms with E-state index in [1.165, 1.54) is 24.1 Å². The smallest absolute Gasteiger partial charge is 0.338 e. The number of halogens is 1. The van der Waals surface area contributed by atoms with E-state index >= 15 is 0 Å². The summed E-state index contributed by atoms with van der Waals surface area (Å²) in [7, 11) is 1.50. The molecule has 4 aromatic rings. The number of pyridine rings is 1. The van der Waals surface area contributed by atoms with Gasteiger partial charge in [-0.3, -0.25) is 14.2 Å². The van der Waals surface area contributed by atoms with E-state index in [4.69, 9.17) is 30.2 Å². The van der Waals surface area contributed by atoms with Gasteiger partial charge in [0.2, 0.25) is 5.91 Å². The van der Waals surface area contributed by atoms with Crippen LogP contribution in [0.2, 0.25) is 5.02 Å². The maximum Gasteiger partial charge on any atom is 0.338 e. The average molecular weight is 634 g/mol. The van der Waals surface area contributed by atoms with Crippen LogP contribution >= 0.6 is 11.6 Å². The van der Waals surface area contributed by atoms with Crippen molar-refractivity contribution >= 4 is 29.2 Å². The molecule has 3 heterocycles. The van der Waals surface area contributed by atoms with Crippen molar-refractivity contribution in [3.8, 4) is 28.2 Å². The zero-order valence-electron chi connectivity index (χ0n) is 25.7. The first kappa shape index (κ1) is 32.0. The summed E-state index contributed by atoms with van der Waals surface area (Å²) in [5.41, 5.74) is 1.55. The summed E-state index contributed by atoms with van der Waals surface area (Å²) in [6.45, 7) is 5.98. The van der Waals surface area contributed by atoms with Crippen molar-refractivity contribution in [2.75, 3.05) is 19.0 Å². The van der Waals surface area contributed by atoms with Crippen molar-refractivity contribution in [2.24, 2.45) is 0 Å². The highest BCUT2D eigenvalue weighted by molar-refractivity contribution is 6.31. The van der Waals surface area contributed by atoms with E-state index in [0.717, 1.165) is 19.3 Å². The molecule has 0 bridgehead atoms. The van der Waals surface area contributed by atoms with E-state index < -0.39 is 29.1 Å². The second-order valence-corrected chi connectivity index (χ2v) is 12.3. The quantitative estimate of drug-likeness (QED) is 0.197. The molecule has 1 fully saturated rings. The lowest BCUT2D eigenvalue weighted by atomic mass is 9.97. The number of carbonyl (C=O) groups excluding carboxylic acids is 2. The predicted molar refractivity (Wildman–Crippen MR) is 171 cm³/mol. The number of nitrogens with one attached hydrogen (secondary N) is 1. The number of rotatable bonds is 9. The highest BCUT2D eigenvalue weighted by Gasteiger charge is 2.29. The lowest BCUT2D eigenvalue weighted by Crippen LogP contribution is -2.36. The van der Waals surface area contributed by atoms with E-state index in [2.05, 4.69) is 10.3 Å². The fourth-order valence-corrected chi connectivity index (χ4v) is 5.46. The van der Waals surface area contributed by atoms with Gasteiger partial charge in [-0.1, -0.05) is 11.6 Å². The van der Waals surface area contributed by atoms with Crippen molar-refractivity contribution < 1.29 is 28.2 Å². The maximum atomic E-state index is 13.9. The van der Waals surface area contributed by atoms with Gasteiger partial charge in [-0.2, -0.15) is 0 Å². The summed E-state index contributed by atoms with van der Waals surface area (Å²) >= 11 is 6.36. The number of oxazole rings is 1. The minimum absolute atomic E-state index is 0.201. The molecule has 1 saturated heterocycles. The predicted octanol–water partition coefficient (Wildman–Crippen LogP) is 6.93. The van der Waals surface area contributed by atoms with Crippen LogP contribution in [0.1, 0.15) is 62.9 Å². The fraction of sp³-hybridized carbons (Fsp3) is 0.353. The minimum Gasteiger partial charge on any atom is -0.495 e. The molecule has 11 heteroatoms. The average Bonchev–Trinajstić information content (AvgIpc) is 3.55. The lowest BCUT2D eigenvalue weighted by molar-refractivity contribution is -0.121. The molecule has 5 rings (SSSR count). The Morgan fingerprint density at radius 1 is 1.09 bits per heavy atom. The number of benzene rings is 2. The molecule has 0 aliphatic carbocycles. The zero-order valence-corrected chi connectivity index (χ0v) is 26.4. The molecule has 0 spiro atoms. The third kappa shape index (κ3) is 7.82. The lowest BCUT2D eigenvalue weighted by Gasteiger charge is -2.28. The summed E-state index contributed by atoms with van der Waals surface area (Å²) in [6.07, 6.45) is 7.23. The number of esters is 1. The van der Waals surface area contributed by atoms with Gasteiger partial charge < -0.3 is 23.9 Å². The third-order valence-electron chi connectivity index (χ3n) is 7.42. The molecule has 2 aromatic heterocycles. The molecule has 2 atom stereocenters. The molecule has 1 amide bonds. The maximum absolute atomic E-state index is 13.9. The largest absolute Gasteiger partial charge is 0.495 e. The van der Waals surface area contributed by atoms with Crippen molar-refractivity contribution in [3.05, 3.63) is 88.3 Å². The molecular formula is C34H36ClN3O7. The summed E-state index contributed by atoms with van der Waals surface area (Å²) < 4.78 is 24.1. The van der Waals surface area contributed by atoms with E-state index in [0.29, 0.717) is 51.1 Å². The number of carbonyl (C=O) groups is 2. The molecular weight excluding hydrogens is 598 g/mol. The minimum atomic E-state index is -0.915. The van der Waals surface area contributed by atoms with Crippen LogP contribution in [0, 0.1) is 0 Å². The number of ether oxygens (including phenoxy) is 3. The van der Waals surface area contributed by atoms with Gasteiger partial charge in [0.25, 0.3) is 5.56 Å². The molecule has 1 N–H and O–H groups in total. The topological polar surface area (TPSA) is 122 Å². The van der Waals surface area contributed by atoms with Crippen LogP contribution in [0.5, 0.6) is 5.75 Å². The first-order valence-electron chi connectivity index (χ1n) is 14.8. The molecule has 45 heavy (non-hydrogen) atoms. The Bertz CT molecular complexity index is 1700. The number of methoxy groups -OCH3 is 1. The van der Waals surface area contributed by atoms with Crippen LogP contribution in [-0.2, 0) is 14.3 Å². The van der Waals surface area contributed by atoms with Crippen LogP contribution in [0.3, 0.4) is 0 Å². The van der Waals surface area contributed by atoms with E-state index in [-0.39, 0.29) is 12.5 Å². The van der Waals surface area contributed by atoms with Crippen LogP contribution < -0.4 is 15.6 Å². The molecule has 0 saturated carbocycles. The van der Waals surface area contributed by atoms with Gasteiger partial charge in [0.1, 0.15) is 17.4 Å². The molecule has 236 valence electrons. The highest BCUT2D eigenvalue weighted by Crippen LogP contribution is 2.38. The Morgan fingerprint density at radius 2 is 1.87 bits per heavy atom. The fourth-order valence-electron chi connectivity index (χ4n) is 5.29. The van der Waals surface area contributed by atoms with Crippen molar-refractivity contribution in [1.29, 1.82) is 0 Å². The Labute approximate surface area is 266 Å². The van der Waals surface area contributed by atoms with Gasteiger partial charge in [0, 0.05) is 40.9 Å². The zero-order chi connectivity index (χ0) is 32.1. The van der Waals surface area contributed by atoms with Crippen molar-refractivity contribution in [1.82, 2.24) is 9.55 Å². The first-order chi connectivity index (χ1) is 21.5. The van der Waals surface area contributed by atoms with Crippen LogP contribution in [0.15, 0.2) is 76.5 Å². The number of anilines is 1. The Balaban J connectivity index is 1.49. The summed E-state index contributed by atoms with van der Waals surface area (Å²) in [6, 6.07) is 12.2. The van der Waals surface area contributed by atoms with Gasteiger partial charge in [0.15, 0.2) is 12.2 Å². The molecule has 10 nitrogen and oxygen atoms in total. The summed E-state index contributed by atoms with van der Waals surface area (Å²) in [5.74, 6) is -0.00666. The molecule has 0 radical (unpaired) electrons. The van der Waals surface area contributed by atoms with Crippen molar-refractivity contribution in [2.45, 2.75) is 64.2 Å². The molecule has 2 unspecified atom stereocenters. The van der Waals surface area contributed by atoms with E-state index in [1.54, 1.807) is 75.6 Å². The number of hydrogen-bond acceptors (Lipinski definition) is 8. The third-order valence-corrected chi connectivity index (χ3v) is 7.65. The second kappa shape index (κ2) is 13.7. The van der Waals surface area contributed by atoms with Gasteiger partial charge in [0.05, 0.1) is 31.2 Å². The van der Waals surface area contributed by atoms with Gasteiger partial charge >= 0.3 is 5.97 Å². The normalized spacial score (nSPS) is 15.7. The standard InChI is InChI=1S/C34H36ClN3O7/c1-34(2,3)45-33(41)21-8-11-23(12-9-21)37-32(40)28(16-24-7-5-6-14-43-24)38-19-30(42-4)27(17-31(38)39)26-15-22(35)10-13-25(26)29-18-36-20-44-29/h8-13,15,17-20,24,28H,5-7,14,16H2,1-4H3,(H,37,40).